The highest BCUT2D eigenvalue weighted by molar-refractivity contribution is 5.98. The van der Waals surface area contributed by atoms with Crippen LogP contribution in [-0.4, -0.2) is 43.7 Å². The number of rotatable bonds is 4. The Bertz CT molecular complexity index is 462. The molecule has 0 radical (unpaired) electrons. The molecule has 1 atom stereocenters. The van der Waals surface area contributed by atoms with Crippen LogP contribution in [0.15, 0.2) is 18.2 Å². The number of likely N-dealkylation sites (tertiary alicyclic amines) is 1. The van der Waals surface area contributed by atoms with Crippen molar-refractivity contribution in [1.29, 1.82) is 0 Å². The lowest BCUT2D eigenvalue weighted by atomic mass is 10.1. The first-order chi connectivity index (χ1) is 9.11. The lowest BCUT2D eigenvalue weighted by molar-refractivity contribution is 0.0527. The van der Waals surface area contributed by atoms with Gasteiger partial charge in [-0.1, -0.05) is 6.07 Å². The molecule has 0 aliphatic carbocycles. The van der Waals surface area contributed by atoms with Crippen LogP contribution in [0, 0.1) is 0 Å². The zero-order valence-corrected chi connectivity index (χ0v) is 11.5. The van der Waals surface area contributed by atoms with Gasteiger partial charge in [0.1, 0.15) is 0 Å². The molecule has 0 aromatic heterocycles. The van der Waals surface area contributed by atoms with Crippen molar-refractivity contribution >= 4 is 17.3 Å². The van der Waals surface area contributed by atoms with Gasteiger partial charge >= 0.3 is 5.97 Å². The lowest BCUT2D eigenvalue weighted by Crippen LogP contribution is -2.24. The van der Waals surface area contributed by atoms with Crippen LogP contribution in [0.25, 0.3) is 0 Å². The van der Waals surface area contributed by atoms with E-state index in [0.717, 1.165) is 25.2 Å². The standard InChI is InChI=1S/C14H21N3O2/c1-3-19-14(18)11-5-4-6-12(13(11)15)16-10-7-8-17(2)9-10/h4-6,10,16H,3,7-9,15H2,1-2H3. The molecule has 1 aromatic carbocycles. The Hall–Kier alpha value is -1.75. The highest BCUT2D eigenvalue weighted by atomic mass is 16.5. The number of ether oxygens (including phenoxy) is 1. The number of anilines is 2. The molecule has 1 heterocycles. The fourth-order valence-electron chi connectivity index (χ4n) is 2.35. The Morgan fingerprint density at radius 3 is 3.00 bits per heavy atom. The van der Waals surface area contributed by atoms with E-state index in [0.29, 0.717) is 23.9 Å². The highest BCUT2D eigenvalue weighted by Crippen LogP contribution is 2.25. The van der Waals surface area contributed by atoms with Crippen LogP contribution in [-0.2, 0) is 4.74 Å². The number of esters is 1. The summed E-state index contributed by atoms with van der Waals surface area (Å²) in [5.74, 6) is -0.368. The molecule has 1 aliphatic rings. The predicted molar refractivity (Wildman–Crippen MR) is 76.3 cm³/mol. The van der Waals surface area contributed by atoms with E-state index in [-0.39, 0.29) is 5.97 Å². The molecule has 0 saturated carbocycles. The zero-order chi connectivity index (χ0) is 13.8. The van der Waals surface area contributed by atoms with Gasteiger partial charge in [-0.3, -0.25) is 0 Å². The van der Waals surface area contributed by atoms with Crippen LogP contribution in [0.4, 0.5) is 11.4 Å². The van der Waals surface area contributed by atoms with E-state index in [9.17, 15) is 4.79 Å². The molecule has 1 unspecified atom stereocenters. The van der Waals surface area contributed by atoms with E-state index < -0.39 is 0 Å². The second-order valence-electron chi connectivity index (χ2n) is 4.88. The van der Waals surface area contributed by atoms with Crippen molar-refractivity contribution in [3.63, 3.8) is 0 Å². The van der Waals surface area contributed by atoms with Crippen LogP contribution < -0.4 is 11.1 Å². The summed E-state index contributed by atoms with van der Waals surface area (Å²) in [5, 5.41) is 3.40. The van der Waals surface area contributed by atoms with Gasteiger partial charge in [-0.25, -0.2) is 4.79 Å². The van der Waals surface area contributed by atoms with Gasteiger partial charge in [0.05, 0.1) is 23.5 Å². The van der Waals surface area contributed by atoms with Gasteiger partial charge in [0.2, 0.25) is 0 Å². The minimum atomic E-state index is -0.368. The Kier molecular flexibility index (Phi) is 4.27. The maximum absolute atomic E-state index is 11.8. The number of para-hydroxylation sites is 1. The Morgan fingerprint density at radius 1 is 1.58 bits per heavy atom. The number of hydrogen-bond donors (Lipinski definition) is 2. The summed E-state index contributed by atoms with van der Waals surface area (Å²) in [7, 11) is 2.10. The van der Waals surface area contributed by atoms with Crippen LogP contribution >= 0.6 is 0 Å². The summed E-state index contributed by atoms with van der Waals surface area (Å²) in [6, 6.07) is 5.80. The smallest absolute Gasteiger partial charge is 0.340 e. The van der Waals surface area contributed by atoms with Crippen molar-refractivity contribution in [3.05, 3.63) is 23.8 Å². The maximum atomic E-state index is 11.8. The van der Waals surface area contributed by atoms with Crippen molar-refractivity contribution < 1.29 is 9.53 Å². The Morgan fingerprint density at radius 2 is 2.37 bits per heavy atom. The van der Waals surface area contributed by atoms with E-state index in [1.807, 2.05) is 12.1 Å². The van der Waals surface area contributed by atoms with Gasteiger partial charge in [0, 0.05) is 12.6 Å². The molecular weight excluding hydrogens is 242 g/mol. The number of nitrogens with two attached hydrogens (primary N) is 1. The largest absolute Gasteiger partial charge is 0.462 e. The first kappa shape index (κ1) is 13.7. The van der Waals surface area contributed by atoms with Crippen LogP contribution in [0.3, 0.4) is 0 Å². The van der Waals surface area contributed by atoms with Crippen LogP contribution in [0.2, 0.25) is 0 Å². The lowest BCUT2D eigenvalue weighted by Gasteiger charge is -2.17. The van der Waals surface area contributed by atoms with E-state index in [2.05, 4.69) is 17.3 Å². The topological polar surface area (TPSA) is 67.6 Å². The second kappa shape index (κ2) is 5.93. The van der Waals surface area contributed by atoms with E-state index >= 15 is 0 Å². The molecule has 3 N–H and O–H groups in total. The molecule has 1 aromatic rings. The number of carbonyl (C=O) groups is 1. The molecular formula is C14H21N3O2. The number of carbonyl (C=O) groups excluding carboxylic acids is 1. The van der Waals surface area contributed by atoms with E-state index in [1.54, 1.807) is 13.0 Å². The van der Waals surface area contributed by atoms with Crippen molar-refractivity contribution in [2.75, 3.05) is 37.8 Å². The third-order valence-corrected chi connectivity index (χ3v) is 3.35. The Balaban J connectivity index is 2.13. The number of likely N-dealkylation sites (N-methyl/N-ethyl adjacent to an activating group) is 1. The first-order valence-corrected chi connectivity index (χ1v) is 6.62. The summed E-state index contributed by atoms with van der Waals surface area (Å²) < 4.78 is 5.00. The quantitative estimate of drug-likeness (QED) is 0.637. The van der Waals surface area contributed by atoms with Gasteiger partial charge in [-0.2, -0.15) is 0 Å². The molecule has 5 nitrogen and oxygen atoms in total. The number of nitrogens with zero attached hydrogens (tertiary/aromatic N) is 1. The van der Waals surface area contributed by atoms with Gasteiger partial charge in [0.15, 0.2) is 0 Å². The van der Waals surface area contributed by atoms with Gasteiger partial charge < -0.3 is 20.7 Å². The molecule has 1 fully saturated rings. The summed E-state index contributed by atoms with van der Waals surface area (Å²) in [6.07, 6.45) is 1.08. The van der Waals surface area contributed by atoms with Crippen molar-refractivity contribution in [3.8, 4) is 0 Å². The fourth-order valence-corrected chi connectivity index (χ4v) is 2.35. The predicted octanol–water partition coefficient (Wildman–Crippen LogP) is 1.56. The maximum Gasteiger partial charge on any atom is 0.340 e. The number of hydrogen-bond acceptors (Lipinski definition) is 5. The normalized spacial score (nSPS) is 19.4. The molecule has 5 heteroatoms. The average Bonchev–Trinajstić information content (AvgIpc) is 2.78. The average molecular weight is 263 g/mol. The number of nitrogen functional groups attached to an aromatic ring is 1. The van der Waals surface area contributed by atoms with E-state index in [4.69, 9.17) is 10.5 Å². The molecule has 104 valence electrons. The number of benzene rings is 1. The highest BCUT2D eigenvalue weighted by Gasteiger charge is 2.21. The molecule has 0 spiro atoms. The first-order valence-electron chi connectivity index (χ1n) is 6.62. The molecule has 1 saturated heterocycles. The molecule has 2 rings (SSSR count). The zero-order valence-electron chi connectivity index (χ0n) is 11.5. The second-order valence-corrected chi connectivity index (χ2v) is 4.88. The summed E-state index contributed by atoms with van der Waals surface area (Å²) in [4.78, 5) is 14.0. The molecule has 1 aliphatic heterocycles. The third-order valence-electron chi connectivity index (χ3n) is 3.35. The van der Waals surface area contributed by atoms with Gasteiger partial charge in [-0.15, -0.1) is 0 Å². The van der Waals surface area contributed by atoms with Crippen molar-refractivity contribution in [2.24, 2.45) is 0 Å². The Labute approximate surface area is 113 Å². The molecule has 19 heavy (non-hydrogen) atoms. The van der Waals surface area contributed by atoms with Crippen LogP contribution in [0.5, 0.6) is 0 Å². The SMILES string of the molecule is CCOC(=O)c1cccc(NC2CCN(C)C2)c1N. The van der Waals surface area contributed by atoms with Crippen molar-refractivity contribution in [2.45, 2.75) is 19.4 Å². The molecule has 0 amide bonds. The van der Waals surface area contributed by atoms with Crippen molar-refractivity contribution in [1.82, 2.24) is 4.90 Å². The van der Waals surface area contributed by atoms with Crippen LogP contribution in [0.1, 0.15) is 23.7 Å². The number of nitrogens with one attached hydrogen (secondary N) is 1. The monoisotopic (exact) mass is 263 g/mol. The molecule has 0 bridgehead atoms. The fraction of sp³-hybridized carbons (Fsp3) is 0.500. The van der Waals surface area contributed by atoms with Gasteiger partial charge in [-0.05, 0) is 39.1 Å². The third kappa shape index (κ3) is 3.17. The summed E-state index contributed by atoms with van der Waals surface area (Å²) >= 11 is 0. The minimum Gasteiger partial charge on any atom is -0.462 e. The van der Waals surface area contributed by atoms with E-state index in [1.165, 1.54) is 0 Å². The van der Waals surface area contributed by atoms with Gasteiger partial charge in [0.25, 0.3) is 0 Å². The summed E-state index contributed by atoms with van der Waals surface area (Å²) in [5.41, 5.74) is 7.76. The minimum absolute atomic E-state index is 0.351. The summed E-state index contributed by atoms with van der Waals surface area (Å²) in [6.45, 7) is 4.20.